The van der Waals surface area contributed by atoms with Crippen LogP contribution in [-0.2, 0) is 16.1 Å². The Morgan fingerprint density at radius 3 is 2.69 bits per heavy atom. The second-order valence-electron chi connectivity index (χ2n) is 7.07. The molecule has 1 atom stereocenters. The SMILES string of the molecule is Cc1cc(-c2ccccc2)nc(NC(=O)C2CC(=O)N(Cc3ccccn3)C2)n1. The number of nitrogens with zero attached hydrogens (tertiary/aromatic N) is 4. The van der Waals surface area contributed by atoms with Crippen molar-refractivity contribution in [1.82, 2.24) is 19.9 Å². The molecule has 0 spiro atoms. The average Bonchev–Trinajstić information content (AvgIpc) is 3.09. The van der Waals surface area contributed by atoms with E-state index in [9.17, 15) is 9.59 Å². The van der Waals surface area contributed by atoms with E-state index in [1.165, 1.54) is 0 Å². The van der Waals surface area contributed by atoms with Crippen molar-refractivity contribution in [2.75, 3.05) is 11.9 Å². The maximum atomic E-state index is 12.7. The van der Waals surface area contributed by atoms with E-state index in [0.29, 0.717) is 13.1 Å². The predicted octanol–water partition coefficient (Wildman–Crippen LogP) is 2.83. The Balaban J connectivity index is 1.44. The summed E-state index contributed by atoms with van der Waals surface area (Å²) in [5, 5.41) is 2.78. The molecule has 2 aromatic heterocycles. The molecule has 1 aromatic carbocycles. The number of amides is 2. The Kier molecular flexibility index (Phi) is 5.29. The van der Waals surface area contributed by atoms with Crippen molar-refractivity contribution in [3.8, 4) is 11.3 Å². The predicted molar refractivity (Wildman–Crippen MR) is 109 cm³/mol. The van der Waals surface area contributed by atoms with E-state index in [0.717, 1.165) is 22.6 Å². The van der Waals surface area contributed by atoms with E-state index >= 15 is 0 Å². The molecule has 29 heavy (non-hydrogen) atoms. The van der Waals surface area contributed by atoms with Gasteiger partial charge < -0.3 is 4.90 Å². The van der Waals surface area contributed by atoms with Crippen LogP contribution in [0.2, 0.25) is 0 Å². The van der Waals surface area contributed by atoms with E-state index in [-0.39, 0.29) is 24.2 Å². The minimum absolute atomic E-state index is 0.0501. The van der Waals surface area contributed by atoms with Gasteiger partial charge in [0.15, 0.2) is 0 Å². The van der Waals surface area contributed by atoms with Gasteiger partial charge in [-0.3, -0.25) is 19.9 Å². The van der Waals surface area contributed by atoms with Crippen LogP contribution in [-0.4, -0.2) is 38.2 Å². The highest BCUT2D eigenvalue weighted by molar-refractivity contribution is 5.96. The Bertz CT molecular complexity index is 1020. The number of nitrogens with one attached hydrogen (secondary N) is 1. The van der Waals surface area contributed by atoms with E-state index in [4.69, 9.17) is 0 Å². The highest BCUT2D eigenvalue weighted by Crippen LogP contribution is 2.22. The Morgan fingerprint density at radius 2 is 1.93 bits per heavy atom. The molecule has 1 unspecified atom stereocenters. The second kappa shape index (κ2) is 8.18. The molecule has 1 aliphatic heterocycles. The topological polar surface area (TPSA) is 88.1 Å². The number of pyridine rings is 1. The molecule has 2 amide bonds. The van der Waals surface area contributed by atoms with Gasteiger partial charge in [0, 0.05) is 30.4 Å². The first kappa shape index (κ1) is 18.7. The molecule has 1 fully saturated rings. The van der Waals surface area contributed by atoms with Gasteiger partial charge in [-0.05, 0) is 25.1 Å². The first-order chi connectivity index (χ1) is 14.1. The minimum atomic E-state index is -0.435. The third-order valence-electron chi connectivity index (χ3n) is 4.82. The maximum Gasteiger partial charge on any atom is 0.232 e. The van der Waals surface area contributed by atoms with Crippen molar-refractivity contribution >= 4 is 17.8 Å². The minimum Gasteiger partial charge on any atom is -0.336 e. The standard InChI is InChI=1S/C22H21N5O2/c1-15-11-19(16-7-3-2-4-8-16)25-22(24-15)26-21(29)17-12-20(28)27(13-17)14-18-9-5-6-10-23-18/h2-11,17H,12-14H2,1H3,(H,24,25,26,29). The summed E-state index contributed by atoms with van der Waals surface area (Å²) < 4.78 is 0. The molecule has 3 aromatic rings. The van der Waals surface area contributed by atoms with Crippen LogP contribution in [0.25, 0.3) is 11.3 Å². The number of anilines is 1. The van der Waals surface area contributed by atoms with Crippen LogP contribution >= 0.6 is 0 Å². The molecule has 146 valence electrons. The summed E-state index contributed by atoms with van der Waals surface area (Å²) in [4.78, 5) is 39.8. The van der Waals surface area contributed by atoms with Crippen LogP contribution in [0.4, 0.5) is 5.95 Å². The van der Waals surface area contributed by atoms with Crippen molar-refractivity contribution in [2.45, 2.75) is 19.9 Å². The fourth-order valence-electron chi connectivity index (χ4n) is 3.38. The van der Waals surface area contributed by atoms with Gasteiger partial charge in [-0.1, -0.05) is 36.4 Å². The monoisotopic (exact) mass is 387 g/mol. The zero-order chi connectivity index (χ0) is 20.2. The summed E-state index contributed by atoms with van der Waals surface area (Å²) in [7, 11) is 0. The first-order valence-corrected chi connectivity index (χ1v) is 9.48. The van der Waals surface area contributed by atoms with E-state index in [1.807, 2.05) is 61.5 Å². The molecule has 0 radical (unpaired) electrons. The number of benzene rings is 1. The van der Waals surface area contributed by atoms with E-state index in [2.05, 4.69) is 20.3 Å². The molecule has 1 saturated heterocycles. The van der Waals surface area contributed by atoms with E-state index < -0.39 is 5.92 Å². The average molecular weight is 387 g/mol. The van der Waals surface area contributed by atoms with Crippen LogP contribution in [0.3, 0.4) is 0 Å². The van der Waals surface area contributed by atoms with Gasteiger partial charge >= 0.3 is 0 Å². The van der Waals surface area contributed by atoms with Gasteiger partial charge in [-0.25, -0.2) is 9.97 Å². The molecular formula is C22H21N5O2. The van der Waals surface area contributed by atoms with Crippen molar-refractivity contribution in [3.05, 3.63) is 72.2 Å². The number of aryl methyl sites for hydroxylation is 1. The number of aromatic nitrogens is 3. The third kappa shape index (κ3) is 4.45. The van der Waals surface area contributed by atoms with Crippen LogP contribution in [0, 0.1) is 12.8 Å². The molecule has 0 bridgehead atoms. The molecular weight excluding hydrogens is 366 g/mol. The molecule has 4 rings (SSSR count). The van der Waals surface area contributed by atoms with Crippen molar-refractivity contribution < 1.29 is 9.59 Å². The van der Waals surface area contributed by atoms with Crippen molar-refractivity contribution in [3.63, 3.8) is 0 Å². The highest BCUT2D eigenvalue weighted by atomic mass is 16.2. The van der Waals surface area contributed by atoms with Gasteiger partial charge in [0.25, 0.3) is 0 Å². The normalized spacial score (nSPS) is 16.1. The fourth-order valence-corrected chi connectivity index (χ4v) is 3.38. The van der Waals surface area contributed by atoms with Gasteiger partial charge in [0.2, 0.25) is 17.8 Å². The summed E-state index contributed by atoms with van der Waals surface area (Å²) in [6.45, 7) is 2.62. The van der Waals surface area contributed by atoms with Crippen LogP contribution in [0.5, 0.6) is 0 Å². The second-order valence-corrected chi connectivity index (χ2v) is 7.07. The van der Waals surface area contributed by atoms with Crippen LogP contribution in [0.1, 0.15) is 17.8 Å². The van der Waals surface area contributed by atoms with Crippen molar-refractivity contribution in [1.29, 1.82) is 0 Å². The number of carbonyl (C=O) groups excluding carboxylic acids is 2. The molecule has 7 nitrogen and oxygen atoms in total. The summed E-state index contributed by atoms with van der Waals surface area (Å²) in [6, 6.07) is 17.2. The number of hydrogen-bond donors (Lipinski definition) is 1. The molecule has 3 heterocycles. The van der Waals surface area contributed by atoms with Crippen LogP contribution < -0.4 is 5.32 Å². The lowest BCUT2D eigenvalue weighted by atomic mass is 10.1. The number of hydrogen-bond acceptors (Lipinski definition) is 5. The summed E-state index contributed by atoms with van der Waals surface area (Å²) in [5.41, 5.74) is 3.25. The Morgan fingerprint density at radius 1 is 1.14 bits per heavy atom. The lowest BCUT2D eigenvalue weighted by Crippen LogP contribution is -2.28. The summed E-state index contributed by atoms with van der Waals surface area (Å²) in [5.74, 6) is -0.475. The summed E-state index contributed by atoms with van der Waals surface area (Å²) >= 11 is 0. The number of likely N-dealkylation sites (tertiary alicyclic amines) is 1. The lowest BCUT2D eigenvalue weighted by Gasteiger charge is -2.16. The zero-order valence-electron chi connectivity index (χ0n) is 16.1. The Labute approximate surface area is 168 Å². The molecule has 7 heteroatoms. The number of rotatable bonds is 5. The summed E-state index contributed by atoms with van der Waals surface area (Å²) in [6.07, 6.45) is 1.87. The molecule has 1 aliphatic rings. The Hall–Kier alpha value is -3.61. The first-order valence-electron chi connectivity index (χ1n) is 9.48. The van der Waals surface area contributed by atoms with Gasteiger partial charge in [0.1, 0.15) is 0 Å². The number of carbonyl (C=O) groups is 2. The smallest absolute Gasteiger partial charge is 0.232 e. The zero-order valence-corrected chi connectivity index (χ0v) is 16.1. The molecule has 0 saturated carbocycles. The van der Waals surface area contributed by atoms with Gasteiger partial charge in [-0.2, -0.15) is 0 Å². The fraction of sp³-hybridized carbons (Fsp3) is 0.227. The maximum absolute atomic E-state index is 12.7. The quantitative estimate of drug-likeness (QED) is 0.727. The largest absolute Gasteiger partial charge is 0.336 e. The molecule has 1 N–H and O–H groups in total. The van der Waals surface area contributed by atoms with Gasteiger partial charge in [-0.15, -0.1) is 0 Å². The highest BCUT2D eigenvalue weighted by Gasteiger charge is 2.34. The lowest BCUT2D eigenvalue weighted by molar-refractivity contribution is -0.128. The third-order valence-corrected chi connectivity index (χ3v) is 4.82. The van der Waals surface area contributed by atoms with Gasteiger partial charge in [0.05, 0.1) is 23.9 Å². The van der Waals surface area contributed by atoms with Crippen LogP contribution in [0.15, 0.2) is 60.8 Å². The van der Waals surface area contributed by atoms with Crippen molar-refractivity contribution in [2.24, 2.45) is 5.92 Å². The van der Waals surface area contributed by atoms with E-state index in [1.54, 1.807) is 11.1 Å². The molecule has 0 aliphatic carbocycles.